The summed E-state index contributed by atoms with van der Waals surface area (Å²) in [6.45, 7) is 11.2. The van der Waals surface area contributed by atoms with E-state index in [0.29, 0.717) is 28.4 Å². The maximum absolute atomic E-state index is 13.4. The highest BCUT2D eigenvalue weighted by atomic mass is 16.6. The maximum atomic E-state index is 13.4. The van der Waals surface area contributed by atoms with Crippen LogP contribution >= 0.6 is 0 Å². The second-order valence-corrected chi connectivity index (χ2v) is 12.0. The predicted molar refractivity (Wildman–Crippen MR) is 128 cm³/mol. The molecule has 0 radical (unpaired) electrons. The number of aliphatic hydroxyl groups excluding tert-OH is 3. The van der Waals surface area contributed by atoms with Crippen molar-refractivity contribution in [3.05, 3.63) is 40.2 Å². The van der Waals surface area contributed by atoms with Crippen LogP contribution in [0, 0.1) is 48.3 Å². The molecule has 5 rings (SSSR count). The van der Waals surface area contributed by atoms with E-state index in [1.54, 1.807) is 38.6 Å². The number of carbonyl (C=O) groups excluding carboxylic acids is 1. The van der Waals surface area contributed by atoms with E-state index in [4.69, 9.17) is 4.74 Å². The van der Waals surface area contributed by atoms with Gasteiger partial charge in [0.15, 0.2) is 6.10 Å². The molecule has 2 saturated carbocycles. The van der Waals surface area contributed by atoms with Crippen molar-refractivity contribution >= 4 is 5.97 Å². The summed E-state index contributed by atoms with van der Waals surface area (Å²) in [5, 5.41) is 50.7. The lowest BCUT2D eigenvalue weighted by Crippen LogP contribution is -2.66. The summed E-state index contributed by atoms with van der Waals surface area (Å²) in [4.78, 5) is 13.4. The molecule has 4 aliphatic rings. The summed E-state index contributed by atoms with van der Waals surface area (Å²) in [6.07, 6.45) is 0.653. The number of rotatable bonds is 3. The number of aliphatic hydroxyl groups is 4. The molecule has 8 nitrogen and oxygen atoms in total. The lowest BCUT2D eigenvalue weighted by Gasteiger charge is -2.52. The van der Waals surface area contributed by atoms with Gasteiger partial charge in [0.25, 0.3) is 0 Å². The molecule has 8 heteroatoms. The van der Waals surface area contributed by atoms with Crippen LogP contribution in [0.5, 0.6) is 0 Å². The fourth-order valence-electron chi connectivity index (χ4n) is 8.14. The zero-order valence-corrected chi connectivity index (χ0v) is 21.6. The molecule has 1 aromatic heterocycles. The summed E-state index contributed by atoms with van der Waals surface area (Å²) in [5.41, 5.74) is -0.965. The van der Waals surface area contributed by atoms with Crippen LogP contribution in [0.1, 0.15) is 55.9 Å². The fourth-order valence-corrected chi connectivity index (χ4v) is 8.14. The molecule has 9 atom stereocenters. The third-order valence-corrected chi connectivity index (χ3v) is 10.1. The van der Waals surface area contributed by atoms with Gasteiger partial charge in [0.1, 0.15) is 17.3 Å². The quantitative estimate of drug-likeness (QED) is 0.379. The van der Waals surface area contributed by atoms with E-state index in [1.807, 2.05) is 13.0 Å². The average Bonchev–Trinajstić information content (AvgIpc) is 3.14. The first-order valence-corrected chi connectivity index (χ1v) is 12.6. The highest BCUT2D eigenvalue weighted by molar-refractivity contribution is 5.92. The van der Waals surface area contributed by atoms with Crippen molar-refractivity contribution in [1.29, 1.82) is 0 Å². The molecule has 4 N–H and O–H groups in total. The van der Waals surface area contributed by atoms with Crippen LogP contribution in [-0.2, 0) is 11.8 Å². The lowest BCUT2D eigenvalue weighted by atomic mass is 9.58. The molecule has 0 amide bonds. The summed E-state index contributed by atoms with van der Waals surface area (Å²) in [5.74, 6) is -0.663. The zero-order valence-electron chi connectivity index (χ0n) is 21.6. The van der Waals surface area contributed by atoms with Crippen LogP contribution in [0.25, 0.3) is 0 Å². The van der Waals surface area contributed by atoms with Crippen molar-refractivity contribution in [2.24, 2.45) is 41.5 Å². The molecule has 0 aliphatic heterocycles. The first-order chi connectivity index (χ1) is 16.2. The van der Waals surface area contributed by atoms with Gasteiger partial charge in [-0.3, -0.25) is 4.68 Å². The molecule has 1 aromatic rings. The van der Waals surface area contributed by atoms with E-state index in [1.165, 1.54) is 0 Å². The van der Waals surface area contributed by atoms with Gasteiger partial charge in [-0.05, 0) is 61.5 Å². The summed E-state index contributed by atoms with van der Waals surface area (Å²) >= 11 is 0. The zero-order chi connectivity index (χ0) is 25.8. The SMILES string of the molecule is CC1=C[C@]23C(O)[C@@H](C=C(CO)[C@@H](O)[C@]2(O)[C@H]1OC(=O)c1c(C)nn(C)c1C)[C@H]1[C@@H](C[C@H]3C)C1(C)C. The van der Waals surface area contributed by atoms with Gasteiger partial charge in [-0.15, -0.1) is 0 Å². The molecule has 4 aliphatic carbocycles. The standard InChI is InChI=1S/C27H38N2O6/c1-12-10-26-13(2)8-18-20(25(18,5)6)17(22(26)32)9-16(11-30)21(31)27(26,34)23(12)35-24(33)19-14(3)28-29(7)15(19)4/h9-10,13,17-18,20-23,30-32,34H,8,11H2,1-7H3/t13-,17+,18-,20+,21-,22?,23+,26+,27+/m1/s1. The third kappa shape index (κ3) is 2.88. The Bertz CT molecular complexity index is 1150. The van der Waals surface area contributed by atoms with Crippen molar-refractivity contribution < 1.29 is 30.0 Å². The Morgan fingerprint density at radius 2 is 1.91 bits per heavy atom. The van der Waals surface area contributed by atoms with E-state index in [9.17, 15) is 25.2 Å². The Labute approximate surface area is 206 Å². The van der Waals surface area contributed by atoms with Crippen molar-refractivity contribution in [3.63, 3.8) is 0 Å². The van der Waals surface area contributed by atoms with E-state index in [0.717, 1.165) is 6.42 Å². The highest BCUT2D eigenvalue weighted by Gasteiger charge is 2.76. The molecule has 1 heterocycles. The number of hydrogen-bond donors (Lipinski definition) is 4. The van der Waals surface area contributed by atoms with Gasteiger partial charge in [-0.1, -0.05) is 32.9 Å². The molecule has 0 aromatic carbocycles. The van der Waals surface area contributed by atoms with Crippen LogP contribution in [0.4, 0.5) is 0 Å². The minimum Gasteiger partial charge on any atom is -0.451 e. The van der Waals surface area contributed by atoms with Crippen LogP contribution < -0.4 is 0 Å². The van der Waals surface area contributed by atoms with Gasteiger partial charge >= 0.3 is 5.97 Å². The first kappa shape index (κ1) is 24.7. The molecule has 1 spiro atoms. The van der Waals surface area contributed by atoms with E-state index < -0.39 is 41.9 Å². The van der Waals surface area contributed by atoms with Crippen LogP contribution in [0.15, 0.2) is 23.3 Å². The smallest absolute Gasteiger partial charge is 0.342 e. The number of fused-ring (bicyclic) bond motifs is 3. The molecular weight excluding hydrogens is 448 g/mol. The number of esters is 1. The molecule has 35 heavy (non-hydrogen) atoms. The van der Waals surface area contributed by atoms with Crippen LogP contribution in [-0.4, -0.2) is 66.7 Å². The van der Waals surface area contributed by atoms with Gasteiger partial charge < -0.3 is 25.2 Å². The fraction of sp³-hybridized carbons (Fsp3) is 0.704. The minimum atomic E-state index is -2.04. The van der Waals surface area contributed by atoms with E-state index >= 15 is 0 Å². The van der Waals surface area contributed by atoms with Crippen LogP contribution in [0.3, 0.4) is 0 Å². The Balaban J connectivity index is 1.64. The van der Waals surface area contributed by atoms with Crippen molar-refractivity contribution in [1.82, 2.24) is 9.78 Å². The van der Waals surface area contributed by atoms with E-state index in [2.05, 4.69) is 18.9 Å². The molecule has 2 fully saturated rings. The van der Waals surface area contributed by atoms with Gasteiger partial charge in [0.05, 0.1) is 23.8 Å². The summed E-state index contributed by atoms with van der Waals surface area (Å²) < 4.78 is 7.59. The van der Waals surface area contributed by atoms with E-state index in [-0.39, 0.29) is 28.7 Å². The highest BCUT2D eigenvalue weighted by Crippen LogP contribution is 2.72. The Hall–Kier alpha value is -2.00. The number of ether oxygens (including phenoxy) is 1. The number of nitrogens with zero attached hydrogens (tertiary/aromatic N) is 2. The van der Waals surface area contributed by atoms with Crippen molar-refractivity contribution in [2.75, 3.05) is 6.61 Å². The lowest BCUT2D eigenvalue weighted by molar-refractivity contribution is -0.215. The number of aromatic nitrogens is 2. The van der Waals surface area contributed by atoms with Crippen molar-refractivity contribution in [3.8, 4) is 0 Å². The summed E-state index contributed by atoms with van der Waals surface area (Å²) in [6, 6.07) is 0. The average molecular weight is 487 g/mol. The Morgan fingerprint density at radius 1 is 1.26 bits per heavy atom. The first-order valence-electron chi connectivity index (χ1n) is 12.6. The number of hydrogen-bond acceptors (Lipinski definition) is 7. The normalized spacial score (nSPS) is 43.3. The second kappa shape index (κ2) is 7.51. The second-order valence-electron chi connectivity index (χ2n) is 12.0. The van der Waals surface area contributed by atoms with Gasteiger partial charge in [-0.2, -0.15) is 5.10 Å². The largest absolute Gasteiger partial charge is 0.451 e. The predicted octanol–water partition coefficient (Wildman–Crippen LogP) is 1.82. The molecular formula is C27H38N2O6. The Kier molecular flexibility index (Phi) is 5.29. The maximum Gasteiger partial charge on any atom is 0.342 e. The van der Waals surface area contributed by atoms with Gasteiger partial charge in [0.2, 0.25) is 0 Å². The third-order valence-electron chi connectivity index (χ3n) is 10.1. The topological polar surface area (TPSA) is 125 Å². The minimum absolute atomic E-state index is 0.0184. The molecule has 1 unspecified atom stereocenters. The van der Waals surface area contributed by atoms with Gasteiger partial charge in [-0.25, -0.2) is 4.79 Å². The molecule has 0 saturated heterocycles. The number of aryl methyl sites for hydroxylation is 2. The molecule has 192 valence electrons. The number of carbonyl (C=O) groups is 1. The van der Waals surface area contributed by atoms with Crippen molar-refractivity contribution in [2.45, 2.75) is 71.9 Å². The summed E-state index contributed by atoms with van der Waals surface area (Å²) in [7, 11) is 1.74. The Morgan fingerprint density at radius 3 is 2.49 bits per heavy atom. The monoisotopic (exact) mass is 486 g/mol. The van der Waals surface area contributed by atoms with Crippen LogP contribution in [0.2, 0.25) is 0 Å². The van der Waals surface area contributed by atoms with Gasteiger partial charge in [0, 0.05) is 18.7 Å². The molecule has 2 bridgehead atoms.